The maximum atomic E-state index is 12.4. The highest BCUT2D eigenvalue weighted by Gasteiger charge is 2.15. The molecule has 0 saturated carbocycles. The van der Waals surface area contributed by atoms with Gasteiger partial charge in [-0.25, -0.2) is 14.8 Å². The summed E-state index contributed by atoms with van der Waals surface area (Å²) in [6.07, 6.45) is 5.14. The summed E-state index contributed by atoms with van der Waals surface area (Å²) in [5, 5.41) is 3.12. The van der Waals surface area contributed by atoms with E-state index in [0.717, 1.165) is 4.57 Å². The van der Waals surface area contributed by atoms with Crippen LogP contribution in [0.1, 0.15) is 17.4 Å². The molecule has 0 fully saturated rings. The van der Waals surface area contributed by atoms with E-state index in [1.54, 1.807) is 12.5 Å². The first kappa shape index (κ1) is 16.6. The van der Waals surface area contributed by atoms with Crippen molar-refractivity contribution in [3.63, 3.8) is 0 Å². The first-order valence-electron chi connectivity index (χ1n) is 7.72. The molecule has 1 amide bonds. The van der Waals surface area contributed by atoms with E-state index in [-0.39, 0.29) is 28.7 Å². The van der Waals surface area contributed by atoms with E-state index in [2.05, 4.69) is 15.3 Å². The summed E-state index contributed by atoms with van der Waals surface area (Å²) in [6, 6.07) is 2.85. The monoisotopic (exact) mass is 342 g/mol. The zero-order valence-electron chi connectivity index (χ0n) is 14.1. The maximum Gasteiger partial charge on any atom is 0.332 e. The zero-order valence-corrected chi connectivity index (χ0v) is 14.1. The van der Waals surface area contributed by atoms with Gasteiger partial charge in [0.2, 0.25) is 0 Å². The van der Waals surface area contributed by atoms with Crippen molar-refractivity contribution in [2.75, 3.05) is 0 Å². The molecule has 3 aromatic rings. The number of aromatic nitrogens is 5. The molecule has 0 bridgehead atoms. The number of imidazole rings is 1. The number of fused-ring (bicyclic) bond motifs is 1. The number of pyridine rings is 1. The number of aryl methyl sites for hydroxylation is 1. The molecule has 0 aliphatic rings. The summed E-state index contributed by atoms with van der Waals surface area (Å²) < 4.78 is 4.12. The molecule has 3 rings (SSSR count). The SMILES string of the molecule is CC(Cn1ccnc1)NC(=O)c1ccc2c(=O)n(C)c(=O)n(C)c2n1. The largest absolute Gasteiger partial charge is 0.346 e. The molecular formula is C16H18N6O3. The van der Waals surface area contributed by atoms with Crippen molar-refractivity contribution in [1.82, 2.24) is 29.0 Å². The molecule has 3 aromatic heterocycles. The number of carbonyl (C=O) groups is 1. The van der Waals surface area contributed by atoms with Gasteiger partial charge in [-0.1, -0.05) is 0 Å². The van der Waals surface area contributed by atoms with Crippen LogP contribution in [0.25, 0.3) is 11.0 Å². The van der Waals surface area contributed by atoms with Crippen LogP contribution in [-0.4, -0.2) is 35.6 Å². The Hall–Kier alpha value is -3.23. The first-order chi connectivity index (χ1) is 11.9. The molecule has 3 heterocycles. The Bertz CT molecular complexity index is 1050. The van der Waals surface area contributed by atoms with Crippen molar-refractivity contribution in [3.05, 3.63) is 57.4 Å². The summed E-state index contributed by atoms with van der Waals surface area (Å²) in [5.41, 5.74) is -0.599. The Morgan fingerprint density at radius 2 is 2.00 bits per heavy atom. The third-order valence-corrected chi connectivity index (χ3v) is 3.96. The lowest BCUT2D eigenvalue weighted by atomic mass is 10.2. The summed E-state index contributed by atoms with van der Waals surface area (Å²) >= 11 is 0. The highest BCUT2D eigenvalue weighted by atomic mass is 16.2. The van der Waals surface area contributed by atoms with Crippen molar-refractivity contribution in [3.8, 4) is 0 Å². The van der Waals surface area contributed by atoms with Gasteiger partial charge < -0.3 is 9.88 Å². The van der Waals surface area contributed by atoms with Crippen molar-refractivity contribution in [2.24, 2.45) is 14.1 Å². The molecule has 0 aliphatic carbocycles. The van der Waals surface area contributed by atoms with E-state index in [9.17, 15) is 14.4 Å². The van der Waals surface area contributed by atoms with Crippen molar-refractivity contribution < 1.29 is 4.79 Å². The molecule has 0 aliphatic heterocycles. The van der Waals surface area contributed by atoms with Crippen LogP contribution in [0.4, 0.5) is 0 Å². The fourth-order valence-corrected chi connectivity index (χ4v) is 2.63. The Kier molecular flexibility index (Phi) is 4.22. The third kappa shape index (κ3) is 3.08. The van der Waals surface area contributed by atoms with Crippen LogP contribution < -0.4 is 16.6 Å². The standard InChI is InChI=1S/C16H18N6O3/c1-10(8-22-7-6-17-9-22)18-14(23)12-5-4-11-13(19-12)20(2)16(25)21(3)15(11)24/h4-7,9-10H,8H2,1-3H3,(H,18,23). The smallest absolute Gasteiger partial charge is 0.332 e. The Morgan fingerprint density at radius 3 is 2.68 bits per heavy atom. The number of rotatable bonds is 4. The predicted molar refractivity (Wildman–Crippen MR) is 91.4 cm³/mol. The molecule has 1 N–H and O–H groups in total. The van der Waals surface area contributed by atoms with E-state index in [1.165, 1.54) is 30.8 Å². The van der Waals surface area contributed by atoms with Gasteiger partial charge in [0, 0.05) is 39.1 Å². The van der Waals surface area contributed by atoms with Crippen LogP contribution in [0.5, 0.6) is 0 Å². The summed E-state index contributed by atoms with van der Waals surface area (Å²) in [7, 11) is 2.92. The van der Waals surface area contributed by atoms with Crippen molar-refractivity contribution >= 4 is 16.9 Å². The number of nitrogens with zero attached hydrogens (tertiary/aromatic N) is 5. The summed E-state index contributed by atoms with van der Waals surface area (Å²) in [6.45, 7) is 2.43. The fraction of sp³-hybridized carbons (Fsp3) is 0.312. The van der Waals surface area contributed by atoms with Gasteiger partial charge in [-0.15, -0.1) is 0 Å². The second-order valence-corrected chi connectivity index (χ2v) is 5.91. The average molecular weight is 342 g/mol. The average Bonchev–Trinajstić information content (AvgIpc) is 3.10. The Morgan fingerprint density at radius 1 is 1.24 bits per heavy atom. The Balaban J connectivity index is 1.90. The Labute approximate surface area is 142 Å². The quantitative estimate of drug-likeness (QED) is 0.698. The number of carbonyl (C=O) groups excluding carboxylic acids is 1. The van der Waals surface area contributed by atoms with Gasteiger partial charge in [0.15, 0.2) is 0 Å². The summed E-state index contributed by atoms with van der Waals surface area (Å²) in [4.78, 5) is 44.7. The van der Waals surface area contributed by atoms with Crippen molar-refractivity contribution in [1.29, 1.82) is 0 Å². The molecular weight excluding hydrogens is 324 g/mol. The van der Waals surface area contributed by atoms with Gasteiger partial charge in [0.05, 0.1) is 11.7 Å². The number of amides is 1. The van der Waals surface area contributed by atoms with Gasteiger partial charge in [-0.05, 0) is 19.1 Å². The van der Waals surface area contributed by atoms with Gasteiger partial charge in [-0.3, -0.25) is 18.7 Å². The molecule has 0 spiro atoms. The lowest BCUT2D eigenvalue weighted by Crippen LogP contribution is -2.38. The van der Waals surface area contributed by atoms with E-state index in [0.29, 0.717) is 6.54 Å². The second kappa shape index (κ2) is 6.34. The lowest BCUT2D eigenvalue weighted by Gasteiger charge is -2.14. The predicted octanol–water partition coefficient (Wildman–Crippen LogP) is -0.353. The second-order valence-electron chi connectivity index (χ2n) is 5.91. The number of hydrogen-bond donors (Lipinski definition) is 1. The van der Waals surface area contributed by atoms with E-state index in [4.69, 9.17) is 0 Å². The van der Waals surface area contributed by atoms with Crippen LogP contribution in [0.15, 0.2) is 40.4 Å². The van der Waals surface area contributed by atoms with Gasteiger partial charge in [-0.2, -0.15) is 0 Å². The van der Waals surface area contributed by atoms with Crippen LogP contribution >= 0.6 is 0 Å². The number of nitrogens with one attached hydrogen (secondary N) is 1. The molecule has 25 heavy (non-hydrogen) atoms. The lowest BCUT2D eigenvalue weighted by molar-refractivity contribution is 0.0932. The molecule has 130 valence electrons. The molecule has 0 saturated heterocycles. The van der Waals surface area contributed by atoms with Crippen LogP contribution in [0.2, 0.25) is 0 Å². The third-order valence-electron chi connectivity index (χ3n) is 3.96. The molecule has 1 atom stereocenters. The summed E-state index contributed by atoms with van der Waals surface area (Å²) in [5.74, 6) is -0.373. The van der Waals surface area contributed by atoms with Crippen LogP contribution in [-0.2, 0) is 20.6 Å². The minimum atomic E-state index is -0.490. The van der Waals surface area contributed by atoms with E-state index >= 15 is 0 Å². The van der Waals surface area contributed by atoms with Gasteiger partial charge in [0.25, 0.3) is 11.5 Å². The van der Waals surface area contributed by atoms with E-state index in [1.807, 2.05) is 17.7 Å². The molecule has 1 unspecified atom stereocenters. The van der Waals surface area contributed by atoms with Gasteiger partial charge >= 0.3 is 5.69 Å². The first-order valence-corrected chi connectivity index (χ1v) is 7.72. The highest BCUT2D eigenvalue weighted by Crippen LogP contribution is 2.06. The highest BCUT2D eigenvalue weighted by molar-refractivity contribution is 5.94. The number of hydrogen-bond acceptors (Lipinski definition) is 5. The van der Waals surface area contributed by atoms with Crippen molar-refractivity contribution in [2.45, 2.75) is 19.5 Å². The molecule has 9 nitrogen and oxygen atoms in total. The topological polar surface area (TPSA) is 104 Å². The molecule has 9 heteroatoms. The zero-order chi connectivity index (χ0) is 18.1. The van der Waals surface area contributed by atoms with Crippen LogP contribution in [0, 0.1) is 0 Å². The normalized spacial score (nSPS) is 12.3. The molecule has 0 radical (unpaired) electrons. The minimum Gasteiger partial charge on any atom is -0.346 e. The van der Waals surface area contributed by atoms with E-state index < -0.39 is 11.2 Å². The fourth-order valence-electron chi connectivity index (χ4n) is 2.63. The van der Waals surface area contributed by atoms with Crippen LogP contribution in [0.3, 0.4) is 0 Å². The van der Waals surface area contributed by atoms with Gasteiger partial charge in [0.1, 0.15) is 11.3 Å². The maximum absolute atomic E-state index is 12.4. The minimum absolute atomic E-state index is 0.147. The molecule has 0 aromatic carbocycles.